The van der Waals surface area contributed by atoms with Gasteiger partial charge in [-0.3, -0.25) is 4.72 Å². The number of aromatic nitrogens is 2. The number of H-pyrrole nitrogens is 1. The molecule has 1 aliphatic heterocycles. The second kappa shape index (κ2) is 6.12. The van der Waals surface area contributed by atoms with E-state index in [1.54, 1.807) is 18.2 Å². The largest absolute Gasteiger partial charge is 0.370 e. The van der Waals surface area contributed by atoms with E-state index in [-0.39, 0.29) is 11.0 Å². The molecule has 0 radical (unpaired) electrons. The third-order valence-corrected chi connectivity index (χ3v) is 5.51. The highest BCUT2D eigenvalue weighted by atomic mass is 32.2. The summed E-state index contributed by atoms with van der Waals surface area (Å²) in [5, 5.41) is 0. The number of benzene rings is 2. The first-order chi connectivity index (χ1) is 12.0. The molecule has 1 saturated heterocycles. The van der Waals surface area contributed by atoms with Gasteiger partial charge in [-0.25, -0.2) is 17.8 Å². The molecule has 0 unspecified atom stereocenters. The first-order valence-corrected chi connectivity index (χ1v) is 9.39. The van der Waals surface area contributed by atoms with Crippen LogP contribution in [0.5, 0.6) is 0 Å². The Kier molecular flexibility index (Phi) is 3.93. The minimum absolute atomic E-state index is 0.00125. The number of hydrogen-bond acceptors (Lipinski definition) is 4. The minimum Gasteiger partial charge on any atom is -0.370 e. The number of aromatic amines is 1. The third kappa shape index (κ3) is 3.22. The van der Waals surface area contributed by atoms with E-state index in [1.807, 2.05) is 0 Å². The van der Waals surface area contributed by atoms with Gasteiger partial charge < -0.3 is 9.72 Å². The number of ether oxygens (including phenoxy) is 1. The third-order valence-electron chi connectivity index (χ3n) is 4.11. The van der Waals surface area contributed by atoms with Crippen molar-refractivity contribution in [2.75, 3.05) is 11.3 Å². The zero-order chi connectivity index (χ0) is 17.4. The van der Waals surface area contributed by atoms with Crippen LogP contribution in [-0.4, -0.2) is 25.0 Å². The Bertz CT molecular complexity index is 1010. The van der Waals surface area contributed by atoms with E-state index < -0.39 is 15.8 Å². The second-order valence-electron chi connectivity index (χ2n) is 5.92. The lowest BCUT2D eigenvalue weighted by Crippen LogP contribution is -2.12. The van der Waals surface area contributed by atoms with E-state index in [0.29, 0.717) is 5.69 Å². The molecular weight excluding hydrogens is 345 g/mol. The molecule has 2 heterocycles. The molecule has 1 aliphatic rings. The zero-order valence-electron chi connectivity index (χ0n) is 13.2. The Labute approximate surface area is 144 Å². The van der Waals surface area contributed by atoms with Gasteiger partial charge in [-0.1, -0.05) is 0 Å². The van der Waals surface area contributed by atoms with Crippen molar-refractivity contribution in [1.82, 2.24) is 9.97 Å². The highest BCUT2D eigenvalue weighted by Gasteiger charge is 2.21. The van der Waals surface area contributed by atoms with Crippen LogP contribution in [0.4, 0.5) is 10.1 Å². The Hall–Kier alpha value is -2.45. The van der Waals surface area contributed by atoms with Gasteiger partial charge in [0.05, 0.1) is 21.6 Å². The maximum Gasteiger partial charge on any atom is 0.261 e. The van der Waals surface area contributed by atoms with Gasteiger partial charge in [0.1, 0.15) is 17.7 Å². The number of nitrogens with zero attached hydrogens (tertiary/aromatic N) is 1. The standard InChI is InChI=1S/C17H16FN3O3S/c18-11-3-6-13(7-4-11)25(22,23)21-12-5-8-14-15(10-12)20-17(19-14)16-2-1-9-24-16/h3-8,10,16,21H,1-2,9H2,(H,19,20)/t16-/m1/s1. The van der Waals surface area contributed by atoms with Gasteiger partial charge in [0, 0.05) is 6.61 Å². The average molecular weight is 361 g/mol. The van der Waals surface area contributed by atoms with Gasteiger partial charge in [-0.15, -0.1) is 0 Å². The van der Waals surface area contributed by atoms with Crippen molar-refractivity contribution in [2.24, 2.45) is 0 Å². The number of imidazole rings is 1. The summed E-state index contributed by atoms with van der Waals surface area (Å²) in [4.78, 5) is 7.69. The van der Waals surface area contributed by atoms with Gasteiger partial charge in [0.2, 0.25) is 0 Å². The molecule has 130 valence electrons. The Balaban J connectivity index is 1.61. The predicted molar refractivity (Wildman–Crippen MR) is 91.2 cm³/mol. The van der Waals surface area contributed by atoms with Crippen molar-refractivity contribution < 1.29 is 17.5 Å². The van der Waals surface area contributed by atoms with Gasteiger partial charge >= 0.3 is 0 Å². The summed E-state index contributed by atoms with van der Waals surface area (Å²) < 4.78 is 45.8. The molecule has 3 aromatic rings. The topological polar surface area (TPSA) is 84.1 Å². The number of anilines is 1. The quantitative estimate of drug-likeness (QED) is 0.746. The van der Waals surface area contributed by atoms with Crippen LogP contribution in [0.3, 0.4) is 0 Å². The molecule has 1 atom stereocenters. The van der Waals surface area contributed by atoms with Crippen molar-refractivity contribution in [1.29, 1.82) is 0 Å². The van der Waals surface area contributed by atoms with E-state index in [4.69, 9.17) is 4.74 Å². The molecule has 6 nitrogen and oxygen atoms in total. The summed E-state index contributed by atoms with van der Waals surface area (Å²) >= 11 is 0. The smallest absolute Gasteiger partial charge is 0.261 e. The van der Waals surface area contributed by atoms with Crippen LogP contribution in [0.15, 0.2) is 47.4 Å². The minimum atomic E-state index is -3.78. The molecule has 8 heteroatoms. The molecule has 1 aromatic heterocycles. The highest BCUT2D eigenvalue weighted by Crippen LogP contribution is 2.29. The van der Waals surface area contributed by atoms with Crippen LogP contribution >= 0.6 is 0 Å². The lowest BCUT2D eigenvalue weighted by atomic mass is 10.2. The summed E-state index contributed by atoms with van der Waals surface area (Å²) in [5.74, 6) is 0.269. The van der Waals surface area contributed by atoms with Gasteiger partial charge in [-0.05, 0) is 55.3 Å². The molecule has 2 aromatic carbocycles. The van der Waals surface area contributed by atoms with E-state index in [9.17, 15) is 12.8 Å². The Morgan fingerprint density at radius 2 is 2.00 bits per heavy atom. The van der Waals surface area contributed by atoms with Crippen molar-refractivity contribution >= 4 is 26.7 Å². The molecule has 1 fully saturated rings. The first-order valence-electron chi connectivity index (χ1n) is 7.91. The maximum absolute atomic E-state index is 13.0. The summed E-state index contributed by atoms with van der Waals surface area (Å²) in [6, 6.07) is 9.74. The summed E-state index contributed by atoms with van der Waals surface area (Å²) in [5.41, 5.74) is 1.87. The number of rotatable bonds is 4. The van der Waals surface area contributed by atoms with Gasteiger partial charge in [-0.2, -0.15) is 0 Å². The predicted octanol–water partition coefficient (Wildman–Crippen LogP) is 3.35. The fourth-order valence-electron chi connectivity index (χ4n) is 2.87. The molecule has 0 aliphatic carbocycles. The van der Waals surface area contributed by atoms with Crippen LogP contribution in [0.2, 0.25) is 0 Å². The van der Waals surface area contributed by atoms with Crippen molar-refractivity contribution in [3.05, 3.63) is 54.1 Å². The van der Waals surface area contributed by atoms with E-state index in [0.717, 1.165) is 48.4 Å². The van der Waals surface area contributed by atoms with E-state index in [2.05, 4.69) is 14.7 Å². The summed E-state index contributed by atoms with van der Waals surface area (Å²) in [6.45, 7) is 0.727. The fourth-order valence-corrected chi connectivity index (χ4v) is 3.92. The fraction of sp³-hybridized carbons (Fsp3) is 0.235. The number of hydrogen-bond donors (Lipinski definition) is 2. The summed E-state index contributed by atoms with van der Waals surface area (Å²) in [6.07, 6.45) is 1.89. The number of halogens is 1. The van der Waals surface area contributed by atoms with Crippen molar-refractivity contribution in [2.45, 2.75) is 23.8 Å². The maximum atomic E-state index is 13.0. The van der Waals surface area contributed by atoms with E-state index >= 15 is 0 Å². The normalized spacial score (nSPS) is 17.9. The molecule has 4 rings (SSSR count). The second-order valence-corrected chi connectivity index (χ2v) is 7.60. The SMILES string of the molecule is O=S(=O)(Nc1ccc2nc([C@H]3CCCO3)[nH]c2c1)c1ccc(F)cc1. The van der Waals surface area contributed by atoms with Crippen molar-refractivity contribution in [3.8, 4) is 0 Å². The van der Waals surface area contributed by atoms with Crippen LogP contribution in [0, 0.1) is 5.82 Å². The van der Waals surface area contributed by atoms with Crippen LogP contribution < -0.4 is 4.72 Å². The van der Waals surface area contributed by atoms with Crippen LogP contribution in [-0.2, 0) is 14.8 Å². The number of nitrogens with one attached hydrogen (secondary N) is 2. The molecule has 2 N–H and O–H groups in total. The average Bonchev–Trinajstić information content (AvgIpc) is 3.23. The van der Waals surface area contributed by atoms with Crippen LogP contribution in [0.1, 0.15) is 24.8 Å². The van der Waals surface area contributed by atoms with Crippen molar-refractivity contribution in [3.63, 3.8) is 0 Å². The lowest BCUT2D eigenvalue weighted by molar-refractivity contribution is 0.106. The van der Waals surface area contributed by atoms with Gasteiger partial charge in [0.25, 0.3) is 10.0 Å². The molecule has 0 spiro atoms. The Morgan fingerprint density at radius 3 is 2.72 bits per heavy atom. The number of sulfonamides is 1. The zero-order valence-corrected chi connectivity index (χ0v) is 14.0. The lowest BCUT2D eigenvalue weighted by Gasteiger charge is -2.08. The molecular formula is C17H16FN3O3S. The van der Waals surface area contributed by atoms with Crippen LogP contribution in [0.25, 0.3) is 11.0 Å². The Morgan fingerprint density at radius 1 is 1.20 bits per heavy atom. The van der Waals surface area contributed by atoms with Gasteiger partial charge in [0.15, 0.2) is 0 Å². The monoisotopic (exact) mass is 361 g/mol. The summed E-state index contributed by atoms with van der Waals surface area (Å²) in [7, 11) is -3.78. The first kappa shape index (κ1) is 16.0. The van der Waals surface area contributed by atoms with E-state index in [1.165, 1.54) is 12.1 Å². The highest BCUT2D eigenvalue weighted by molar-refractivity contribution is 7.92. The molecule has 25 heavy (non-hydrogen) atoms. The number of fused-ring (bicyclic) bond motifs is 1. The molecule has 0 amide bonds. The molecule has 0 saturated carbocycles. The molecule has 0 bridgehead atoms.